The number of anilines is 1. The number of amides is 2. The van der Waals surface area contributed by atoms with Crippen molar-refractivity contribution in [2.45, 2.75) is 6.42 Å². The molecular weight excluding hydrogens is 277 g/mol. The SMILES string of the molecule is COc1ccc(NC(=O)C(=O)N2CCCNCC2)cc1F. The van der Waals surface area contributed by atoms with Crippen LogP contribution in [0.1, 0.15) is 6.42 Å². The molecule has 0 unspecified atom stereocenters. The van der Waals surface area contributed by atoms with Crippen molar-refractivity contribution in [2.75, 3.05) is 38.6 Å². The predicted octanol–water partition coefficient (Wildman–Crippen LogP) is 0.595. The second kappa shape index (κ2) is 7.03. The lowest BCUT2D eigenvalue weighted by molar-refractivity contribution is -0.143. The van der Waals surface area contributed by atoms with Crippen LogP contribution in [0.25, 0.3) is 0 Å². The van der Waals surface area contributed by atoms with Crippen LogP contribution in [0.4, 0.5) is 10.1 Å². The van der Waals surface area contributed by atoms with Crippen LogP contribution < -0.4 is 15.4 Å². The molecule has 2 N–H and O–H groups in total. The van der Waals surface area contributed by atoms with Crippen LogP contribution >= 0.6 is 0 Å². The third-order valence-electron chi connectivity index (χ3n) is 3.23. The number of nitrogens with zero attached hydrogens (tertiary/aromatic N) is 1. The van der Waals surface area contributed by atoms with E-state index in [0.717, 1.165) is 19.0 Å². The number of benzene rings is 1. The van der Waals surface area contributed by atoms with Gasteiger partial charge in [0.1, 0.15) is 0 Å². The van der Waals surface area contributed by atoms with E-state index >= 15 is 0 Å². The summed E-state index contributed by atoms with van der Waals surface area (Å²) < 4.78 is 18.3. The monoisotopic (exact) mass is 295 g/mol. The maximum atomic E-state index is 13.5. The summed E-state index contributed by atoms with van der Waals surface area (Å²) in [5, 5.41) is 5.56. The number of ether oxygens (including phenoxy) is 1. The summed E-state index contributed by atoms with van der Waals surface area (Å²) in [6.45, 7) is 2.52. The van der Waals surface area contributed by atoms with Crippen LogP contribution in [0.15, 0.2) is 18.2 Å². The van der Waals surface area contributed by atoms with E-state index in [4.69, 9.17) is 4.74 Å². The number of carbonyl (C=O) groups excluding carboxylic acids is 2. The smallest absolute Gasteiger partial charge is 0.313 e. The van der Waals surface area contributed by atoms with Crippen molar-refractivity contribution < 1.29 is 18.7 Å². The van der Waals surface area contributed by atoms with E-state index in [9.17, 15) is 14.0 Å². The first kappa shape index (κ1) is 15.2. The van der Waals surface area contributed by atoms with Crippen molar-refractivity contribution in [3.63, 3.8) is 0 Å². The average Bonchev–Trinajstić information content (AvgIpc) is 2.75. The molecule has 21 heavy (non-hydrogen) atoms. The zero-order valence-corrected chi connectivity index (χ0v) is 11.8. The topological polar surface area (TPSA) is 70.7 Å². The van der Waals surface area contributed by atoms with Crippen LogP contribution in [0.3, 0.4) is 0 Å². The van der Waals surface area contributed by atoms with E-state index in [0.29, 0.717) is 19.6 Å². The lowest BCUT2D eigenvalue weighted by Gasteiger charge is -2.19. The highest BCUT2D eigenvalue weighted by atomic mass is 19.1. The van der Waals surface area contributed by atoms with Crippen molar-refractivity contribution in [3.05, 3.63) is 24.0 Å². The Morgan fingerprint density at radius 3 is 2.86 bits per heavy atom. The predicted molar refractivity (Wildman–Crippen MR) is 75.6 cm³/mol. The Morgan fingerprint density at radius 1 is 1.33 bits per heavy atom. The van der Waals surface area contributed by atoms with E-state index in [1.54, 1.807) is 0 Å². The van der Waals surface area contributed by atoms with E-state index in [2.05, 4.69) is 10.6 Å². The summed E-state index contributed by atoms with van der Waals surface area (Å²) in [6.07, 6.45) is 0.802. The highest BCUT2D eigenvalue weighted by molar-refractivity contribution is 6.39. The molecule has 1 fully saturated rings. The lowest BCUT2D eigenvalue weighted by atomic mass is 10.3. The van der Waals surface area contributed by atoms with Gasteiger partial charge < -0.3 is 20.3 Å². The van der Waals surface area contributed by atoms with Crippen LogP contribution in [0.5, 0.6) is 5.75 Å². The fourth-order valence-corrected chi connectivity index (χ4v) is 2.12. The standard InChI is InChI=1S/C14H18FN3O3/c1-21-12-4-3-10(9-11(12)15)17-13(19)14(20)18-7-2-5-16-6-8-18/h3-4,9,16H,2,5-8H2,1H3,(H,17,19). The molecule has 0 bridgehead atoms. The second-order valence-electron chi connectivity index (χ2n) is 4.70. The third kappa shape index (κ3) is 3.91. The Bertz CT molecular complexity index is 528. The first-order valence-electron chi connectivity index (χ1n) is 6.76. The highest BCUT2D eigenvalue weighted by Gasteiger charge is 2.22. The average molecular weight is 295 g/mol. The number of rotatable bonds is 2. The Kier molecular flexibility index (Phi) is 5.10. The Hall–Kier alpha value is -2.15. The van der Waals surface area contributed by atoms with Gasteiger partial charge >= 0.3 is 11.8 Å². The van der Waals surface area contributed by atoms with Gasteiger partial charge in [-0.2, -0.15) is 0 Å². The summed E-state index contributed by atoms with van der Waals surface area (Å²) >= 11 is 0. The van der Waals surface area contributed by atoms with Crippen LogP contribution in [-0.4, -0.2) is 50.0 Å². The zero-order chi connectivity index (χ0) is 15.2. The summed E-state index contributed by atoms with van der Waals surface area (Å²) in [7, 11) is 1.35. The molecule has 0 saturated carbocycles. The Labute approximate surface area is 122 Å². The number of carbonyl (C=O) groups is 2. The van der Waals surface area contributed by atoms with Gasteiger partial charge in [-0.1, -0.05) is 0 Å². The largest absolute Gasteiger partial charge is 0.494 e. The molecule has 0 atom stereocenters. The molecule has 1 aliphatic heterocycles. The molecule has 1 aromatic carbocycles. The molecular formula is C14H18FN3O3. The van der Waals surface area contributed by atoms with Gasteiger partial charge in [0.25, 0.3) is 0 Å². The molecule has 1 saturated heterocycles. The third-order valence-corrected chi connectivity index (χ3v) is 3.23. The summed E-state index contributed by atoms with van der Waals surface area (Å²) in [4.78, 5) is 25.4. The molecule has 2 amide bonds. The van der Waals surface area contributed by atoms with Crippen molar-refractivity contribution in [3.8, 4) is 5.75 Å². The summed E-state index contributed by atoms with van der Waals surface area (Å²) in [6, 6.07) is 4.00. The van der Waals surface area contributed by atoms with Crippen LogP contribution in [-0.2, 0) is 9.59 Å². The van der Waals surface area contributed by atoms with E-state index in [-0.39, 0.29) is 11.4 Å². The number of hydrogen-bond acceptors (Lipinski definition) is 4. The Balaban J connectivity index is 1.99. The normalized spacial score (nSPS) is 15.2. The molecule has 0 aromatic heterocycles. The van der Waals surface area contributed by atoms with E-state index in [1.165, 1.54) is 24.1 Å². The van der Waals surface area contributed by atoms with Crippen molar-refractivity contribution in [2.24, 2.45) is 0 Å². The van der Waals surface area contributed by atoms with Crippen LogP contribution in [0.2, 0.25) is 0 Å². The molecule has 114 valence electrons. The molecule has 0 aliphatic carbocycles. The second-order valence-corrected chi connectivity index (χ2v) is 4.70. The maximum absolute atomic E-state index is 13.5. The minimum atomic E-state index is -0.763. The fraction of sp³-hybridized carbons (Fsp3) is 0.429. The van der Waals surface area contributed by atoms with E-state index < -0.39 is 17.6 Å². The minimum Gasteiger partial charge on any atom is -0.494 e. The summed E-state index contributed by atoms with van der Waals surface area (Å²) in [5.41, 5.74) is 0.222. The minimum absolute atomic E-state index is 0.0814. The van der Waals surface area contributed by atoms with Crippen molar-refractivity contribution >= 4 is 17.5 Å². The van der Waals surface area contributed by atoms with Gasteiger partial charge in [-0.05, 0) is 25.1 Å². The lowest BCUT2D eigenvalue weighted by Crippen LogP contribution is -2.41. The van der Waals surface area contributed by atoms with Gasteiger partial charge in [-0.15, -0.1) is 0 Å². The van der Waals surface area contributed by atoms with Crippen molar-refractivity contribution in [1.82, 2.24) is 10.2 Å². The van der Waals surface area contributed by atoms with E-state index in [1.807, 2.05) is 0 Å². The highest BCUT2D eigenvalue weighted by Crippen LogP contribution is 2.20. The molecule has 2 rings (SSSR count). The first-order valence-corrected chi connectivity index (χ1v) is 6.76. The van der Waals surface area contributed by atoms with Gasteiger partial charge in [0.2, 0.25) is 0 Å². The first-order chi connectivity index (χ1) is 10.1. The molecule has 1 aliphatic rings. The zero-order valence-electron chi connectivity index (χ0n) is 11.8. The van der Waals surface area contributed by atoms with Gasteiger partial charge in [0.05, 0.1) is 7.11 Å². The number of methoxy groups -OCH3 is 1. The number of hydrogen-bond donors (Lipinski definition) is 2. The Morgan fingerprint density at radius 2 is 2.14 bits per heavy atom. The molecule has 6 nitrogen and oxygen atoms in total. The molecule has 0 spiro atoms. The van der Waals surface area contributed by atoms with Gasteiger partial charge in [0.15, 0.2) is 11.6 Å². The molecule has 1 heterocycles. The number of nitrogens with one attached hydrogen (secondary N) is 2. The maximum Gasteiger partial charge on any atom is 0.313 e. The molecule has 0 radical (unpaired) electrons. The number of halogens is 1. The fourth-order valence-electron chi connectivity index (χ4n) is 2.12. The summed E-state index contributed by atoms with van der Waals surface area (Å²) in [5.74, 6) is -1.88. The molecule has 7 heteroatoms. The van der Waals surface area contributed by atoms with Crippen molar-refractivity contribution in [1.29, 1.82) is 0 Å². The quantitative estimate of drug-likeness (QED) is 0.784. The van der Waals surface area contributed by atoms with Gasteiger partial charge in [-0.25, -0.2) is 4.39 Å². The van der Waals surface area contributed by atoms with Gasteiger partial charge in [0, 0.05) is 31.4 Å². The van der Waals surface area contributed by atoms with Crippen LogP contribution in [0, 0.1) is 5.82 Å². The van der Waals surface area contributed by atoms with Gasteiger partial charge in [-0.3, -0.25) is 9.59 Å². The molecule has 1 aromatic rings.